The lowest BCUT2D eigenvalue weighted by Crippen LogP contribution is -2.09. The molecule has 0 fully saturated rings. The van der Waals surface area contributed by atoms with Crippen molar-refractivity contribution >= 4 is 5.69 Å². The van der Waals surface area contributed by atoms with Crippen LogP contribution in [0.1, 0.15) is 5.56 Å². The van der Waals surface area contributed by atoms with E-state index in [-0.39, 0.29) is 0 Å². The summed E-state index contributed by atoms with van der Waals surface area (Å²) < 4.78 is 22.1. The molecule has 0 aliphatic carbocycles. The maximum Gasteiger partial charge on any atom is 0.142 e. The summed E-state index contributed by atoms with van der Waals surface area (Å²) in [6, 6.07) is 23.4. The molecule has 0 amide bonds. The second-order valence-electron chi connectivity index (χ2n) is 6.08. The van der Waals surface area contributed by atoms with Crippen molar-refractivity contribution in [2.45, 2.75) is 6.54 Å². The Hall–Kier alpha value is -3.34. The van der Waals surface area contributed by atoms with E-state index in [1.165, 1.54) is 0 Å². The molecule has 3 aromatic rings. The summed E-state index contributed by atoms with van der Waals surface area (Å²) in [4.78, 5) is 0. The highest BCUT2D eigenvalue weighted by atomic mass is 16.5. The van der Waals surface area contributed by atoms with Gasteiger partial charge in [0.1, 0.15) is 36.2 Å². The zero-order chi connectivity index (χ0) is 19.6. The zero-order valence-corrected chi connectivity index (χ0v) is 16.2. The molecule has 0 radical (unpaired) electrons. The number of benzene rings is 3. The summed E-state index contributed by atoms with van der Waals surface area (Å²) >= 11 is 0. The van der Waals surface area contributed by atoms with E-state index in [1.807, 2.05) is 72.8 Å². The van der Waals surface area contributed by atoms with Crippen LogP contribution in [0.4, 0.5) is 5.69 Å². The van der Waals surface area contributed by atoms with E-state index in [0.29, 0.717) is 19.8 Å². The number of para-hydroxylation sites is 1. The maximum atomic E-state index is 5.80. The average Bonchev–Trinajstić information content (AvgIpc) is 2.76. The van der Waals surface area contributed by atoms with E-state index in [4.69, 9.17) is 18.9 Å². The van der Waals surface area contributed by atoms with Gasteiger partial charge in [0.25, 0.3) is 0 Å². The lowest BCUT2D eigenvalue weighted by Gasteiger charge is -2.13. The third-order valence-corrected chi connectivity index (χ3v) is 4.15. The number of hydrogen-bond acceptors (Lipinski definition) is 5. The van der Waals surface area contributed by atoms with E-state index >= 15 is 0 Å². The summed E-state index contributed by atoms with van der Waals surface area (Å²) in [6.07, 6.45) is 0. The molecule has 0 saturated carbocycles. The third-order valence-electron chi connectivity index (χ3n) is 4.15. The van der Waals surface area contributed by atoms with Gasteiger partial charge in [0, 0.05) is 12.6 Å². The lowest BCUT2D eigenvalue weighted by molar-refractivity contribution is 0.217. The molecule has 0 aromatic heterocycles. The van der Waals surface area contributed by atoms with Crippen LogP contribution in [0.15, 0.2) is 72.8 Å². The van der Waals surface area contributed by atoms with Crippen LogP contribution in [0.3, 0.4) is 0 Å². The van der Waals surface area contributed by atoms with Crippen LogP contribution in [-0.2, 0) is 6.54 Å². The molecule has 0 aliphatic rings. The fourth-order valence-corrected chi connectivity index (χ4v) is 2.73. The van der Waals surface area contributed by atoms with Gasteiger partial charge in [-0.3, -0.25) is 0 Å². The number of anilines is 1. The van der Waals surface area contributed by atoms with Gasteiger partial charge in [-0.15, -0.1) is 0 Å². The zero-order valence-electron chi connectivity index (χ0n) is 16.2. The standard InChI is InChI=1S/C23H25NO4/c1-25-20-11-12-23(26-2)22(16-20)24-17-18-7-6-10-21(15-18)28-14-13-27-19-8-4-3-5-9-19/h3-12,15-16,24H,13-14,17H2,1-2H3. The highest BCUT2D eigenvalue weighted by Crippen LogP contribution is 2.29. The molecule has 0 unspecified atom stereocenters. The molecular weight excluding hydrogens is 354 g/mol. The monoisotopic (exact) mass is 379 g/mol. The summed E-state index contributed by atoms with van der Waals surface area (Å²) in [5.41, 5.74) is 1.98. The molecule has 0 bridgehead atoms. The van der Waals surface area contributed by atoms with Crippen molar-refractivity contribution in [3.05, 3.63) is 78.4 Å². The predicted molar refractivity (Wildman–Crippen MR) is 111 cm³/mol. The molecule has 3 rings (SSSR count). The molecule has 0 aliphatic heterocycles. The maximum absolute atomic E-state index is 5.80. The van der Waals surface area contributed by atoms with Crippen LogP contribution in [0.25, 0.3) is 0 Å². The highest BCUT2D eigenvalue weighted by molar-refractivity contribution is 5.60. The van der Waals surface area contributed by atoms with Crippen LogP contribution in [0, 0.1) is 0 Å². The van der Waals surface area contributed by atoms with Crippen molar-refractivity contribution in [2.24, 2.45) is 0 Å². The van der Waals surface area contributed by atoms with E-state index in [9.17, 15) is 0 Å². The first-order chi connectivity index (χ1) is 13.8. The van der Waals surface area contributed by atoms with Crippen LogP contribution >= 0.6 is 0 Å². The SMILES string of the molecule is COc1ccc(OC)c(NCc2cccc(OCCOc3ccccc3)c2)c1. The Bertz CT molecular complexity index is 867. The Kier molecular flexibility index (Phi) is 7.01. The fraction of sp³-hybridized carbons (Fsp3) is 0.217. The lowest BCUT2D eigenvalue weighted by atomic mass is 10.2. The van der Waals surface area contributed by atoms with Crippen molar-refractivity contribution in [1.29, 1.82) is 0 Å². The van der Waals surface area contributed by atoms with Crippen molar-refractivity contribution in [2.75, 3.05) is 32.8 Å². The Labute approximate surface area is 165 Å². The molecule has 28 heavy (non-hydrogen) atoms. The second-order valence-corrected chi connectivity index (χ2v) is 6.08. The van der Waals surface area contributed by atoms with Gasteiger partial charge in [-0.2, -0.15) is 0 Å². The van der Waals surface area contributed by atoms with Crippen molar-refractivity contribution < 1.29 is 18.9 Å². The molecule has 3 aromatic carbocycles. The van der Waals surface area contributed by atoms with Crippen LogP contribution in [0.5, 0.6) is 23.0 Å². The van der Waals surface area contributed by atoms with E-state index < -0.39 is 0 Å². The molecule has 1 N–H and O–H groups in total. The quantitative estimate of drug-likeness (QED) is 0.514. The largest absolute Gasteiger partial charge is 0.497 e. The number of methoxy groups -OCH3 is 2. The van der Waals surface area contributed by atoms with Gasteiger partial charge in [0.15, 0.2) is 0 Å². The second kappa shape index (κ2) is 10.1. The molecule has 0 saturated heterocycles. The Balaban J connectivity index is 1.52. The van der Waals surface area contributed by atoms with E-state index in [1.54, 1.807) is 14.2 Å². The highest BCUT2D eigenvalue weighted by Gasteiger charge is 2.05. The number of hydrogen-bond donors (Lipinski definition) is 1. The van der Waals surface area contributed by atoms with E-state index in [2.05, 4.69) is 5.32 Å². The fourth-order valence-electron chi connectivity index (χ4n) is 2.73. The van der Waals surface area contributed by atoms with Gasteiger partial charge in [-0.25, -0.2) is 0 Å². The molecule has 0 spiro atoms. The summed E-state index contributed by atoms with van der Waals surface area (Å²) in [5.74, 6) is 3.20. The first-order valence-electron chi connectivity index (χ1n) is 9.14. The third kappa shape index (κ3) is 5.58. The molecule has 5 heteroatoms. The van der Waals surface area contributed by atoms with Gasteiger partial charge in [-0.05, 0) is 42.0 Å². The smallest absolute Gasteiger partial charge is 0.142 e. The Morgan fingerprint density at radius 1 is 0.679 bits per heavy atom. The van der Waals surface area contributed by atoms with Crippen molar-refractivity contribution in [1.82, 2.24) is 0 Å². The Morgan fingerprint density at radius 3 is 2.18 bits per heavy atom. The number of nitrogens with one attached hydrogen (secondary N) is 1. The molecule has 5 nitrogen and oxygen atoms in total. The first kappa shape index (κ1) is 19.4. The number of rotatable bonds is 10. The predicted octanol–water partition coefficient (Wildman–Crippen LogP) is 4.77. The normalized spacial score (nSPS) is 10.2. The van der Waals surface area contributed by atoms with Crippen LogP contribution < -0.4 is 24.3 Å². The van der Waals surface area contributed by atoms with Crippen LogP contribution in [-0.4, -0.2) is 27.4 Å². The average molecular weight is 379 g/mol. The Morgan fingerprint density at radius 2 is 1.43 bits per heavy atom. The summed E-state index contributed by atoms with van der Waals surface area (Å²) in [7, 11) is 3.30. The van der Waals surface area contributed by atoms with Crippen LogP contribution in [0.2, 0.25) is 0 Å². The van der Waals surface area contributed by atoms with Gasteiger partial charge in [-0.1, -0.05) is 30.3 Å². The molecular formula is C23H25NO4. The van der Waals surface area contributed by atoms with E-state index in [0.717, 1.165) is 34.2 Å². The number of ether oxygens (including phenoxy) is 4. The molecule has 146 valence electrons. The minimum atomic E-state index is 0.482. The minimum Gasteiger partial charge on any atom is -0.497 e. The van der Waals surface area contributed by atoms with Crippen molar-refractivity contribution in [3.63, 3.8) is 0 Å². The van der Waals surface area contributed by atoms with Gasteiger partial charge >= 0.3 is 0 Å². The van der Waals surface area contributed by atoms with Gasteiger partial charge < -0.3 is 24.3 Å². The minimum absolute atomic E-state index is 0.482. The summed E-state index contributed by atoms with van der Waals surface area (Å²) in [5, 5.41) is 3.39. The molecule has 0 heterocycles. The first-order valence-corrected chi connectivity index (χ1v) is 9.14. The summed E-state index contributed by atoms with van der Waals surface area (Å²) in [6.45, 7) is 1.62. The topological polar surface area (TPSA) is 49.0 Å². The van der Waals surface area contributed by atoms with Crippen molar-refractivity contribution in [3.8, 4) is 23.0 Å². The molecule has 0 atom stereocenters. The van der Waals surface area contributed by atoms with Gasteiger partial charge in [0.2, 0.25) is 0 Å². The van der Waals surface area contributed by atoms with Gasteiger partial charge in [0.05, 0.1) is 19.9 Å².